The Bertz CT molecular complexity index is 514. The zero-order chi connectivity index (χ0) is 16.7. The fraction of sp³-hybridized carbons (Fsp3) is 0.562. The Balaban J connectivity index is 0.00000288. The molecule has 1 atom stereocenters. The van der Waals surface area contributed by atoms with Crippen molar-refractivity contribution >= 4 is 41.7 Å². The summed E-state index contributed by atoms with van der Waals surface area (Å²) in [6.07, 6.45) is -1.82. The summed E-state index contributed by atoms with van der Waals surface area (Å²) in [4.78, 5) is 4.44. The monoisotopic (exact) mass is 473 g/mol. The first-order valence-corrected chi connectivity index (χ1v) is 8.84. The van der Waals surface area contributed by atoms with E-state index in [1.165, 1.54) is 30.7 Å². The summed E-state index contributed by atoms with van der Waals surface area (Å²) in [5, 5.41) is 7.08. The fourth-order valence-electron chi connectivity index (χ4n) is 2.33. The van der Waals surface area contributed by atoms with Crippen LogP contribution in [0.1, 0.15) is 30.9 Å². The van der Waals surface area contributed by atoms with Gasteiger partial charge in [0.25, 0.3) is 0 Å². The first kappa shape index (κ1) is 21.4. The number of alkyl halides is 3. The predicted octanol–water partition coefficient (Wildman–Crippen LogP) is 4.27. The van der Waals surface area contributed by atoms with Crippen molar-refractivity contribution in [3.63, 3.8) is 0 Å². The number of nitrogens with zero attached hydrogens (tertiary/aromatic N) is 1. The summed E-state index contributed by atoms with van der Waals surface area (Å²) in [6, 6.07) is 5.15. The molecule has 1 unspecified atom stereocenters. The summed E-state index contributed by atoms with van der Waals surface area (Å²) in [6.45, 7) is 3.95. The van der Waals surface area contributed by atoms with E-state index in [0.717, 1.165) is 30.8 Å². The van der Waals surface area contributed by atoms with E-state index in [2.05, 4.69) is 15.6 Å². The molecule has 1 aromatic rings. The van der Waals surface area contributed by atoms with E-state index in [1.807, 2.05) is 18.7 Å². The van der Waals surface area contributed by atoms with Gasteiger partial charge in [0.1, 0.15) is 0 Å². The second-order valence-corrected chi connectivity index (χ2v) is 6.81. The van der Waals surface area contributed by atoms with Crippen LogP contribution in [-0.2, 0) is 12.7 Å². The van der Waals surface area contributed by atoms with Gasteiger partial charge >= 0.3 is 6.18 Å². The molecule has 1 fully saturated rings. The van der Waals surface area contributed by atoms with Gasteiger partial charge in [-0.25, -0.2) is 4.99 Å². The average molecular weight is 473 g/mol. The Hall–Kier alpha value is -0.640. The van der Waals surface area contributed by atoms with Crippen molar-refractivity contribution in [3.05, 3.63) is 35.4 Å². The maximum atomic E-state index is 12.5. The van der Waals surface area contributed by atoms with E-state index in [9.17, 15) is 13.2 Å². The molecule has 0 aliphatic carbocycles. The largest absolute Gasteiger partial charge is 0.416 e. The summed E-state index contributed by atoms with van der Waals surface area (Å²) >= 11 is 1.97. The van der Waals surface area contributed by atoms with Crippen LogP contribution in [0.25, 0.3) is 0 Å². The van der Waals surface area contributed by atoms with Crippen LogP contribution in [0.2, 0.25) is 0 Å². The van der Waals surface area contributed by atoms with E-state index < -0.39 is 11.7 Å². The van der Waals surface area contributed by atoms with Gasteiger partial charge in [-0.15, -0.1) is 24.0 Å². The van der Waals surface area contributed by atoms with Crippen LogP contribution in [0, 0.1) is 0 Å². The lowest BCUT2D eigenvalue weighted by Gasteiger charge is -2.14. The Morgan fingerprint density at radius 2 is 1.96 bits per heavy atom. The fourth-order valence-corrected chi connectivity index (χ4v) is 3.53. The molecule has 1 aliphatic rings. The quantitative estimate of drug-likeness (QED) is 0.381. The van der Waals surface area contributed by atoms with Crippen LogP contribution in [0.5, 0.6) is 0 Å². The second-order valence-electron chi connectivity index (χ2n) is 5.41. The Morgan fingerprint density at radius 3 is 2.50 bits per heavy atom. The van der Waals surface area contributed by atoms with Crippen molar-refractivity contribution in [3.8, 4) is 0 Å². The second kappa shape index (κ2) is 10.4. The minimum Gasteiger partial charge on any atom is -0.357 e. The van der Waals surface area contributed by atoms with Crippen molar-refractivity contribution in [2.75, 3.05) is 18.8 Å². The molecular formula is C16H23F3IN3S. The SMILES string of the molecule is CCNC(=NCc1ccc(C(F)(F)F)cc1)NCC1CCCS1.I. The molecule has 0 bridgehead atoms. The molecule has 8 heteroatoms. The Morgan fingerprint density at radius 1 is 1.25 bits per heavy atom. The van der Waals surface area contributed by atoms with Crippen molar-refractivity contribution in [2.45, 2.75) is 37.7 Å². The number of hydrogen-bond donors (Lipinski definition) is 2. The predicted molar refractivity (Wildman–Crippen MR) is 105 cm³/mol. The molecule has 1 heterocycles. The smallest absolute Gasteiger partial charge is 0.357 e. The van der Waals surface area contributed by atoms with Gasteiger partial charge < -0.3 is 10.6 Å². The number of benzene rings is 1. The van der Waals surface area contributed by atoms with Crippen molar-refractivity contribution < 1.29 is 13.2 Å². The minimum absolute atomic E-state index is 0. The van der Waals surface area contributed by atoms with Crippen LogP contribution in [-0.4, -0.2) is 30.1 Å². The number of aliphatic imine (C=N–C) groups is 1. The number of rotatable bonds is 5. The molecule has 136 valence electrons. The van der Waals surface area contributed by atoms with Gasteiger partial charge in [0, 0.05) is 18.3 Å². The molecular weight excluding hydrogens is 450 g/mol. The van der Waals surface area contributed by atoms with E-state index in [-0.39, 0.29) is 24.0 Å². The van der Waals surface area contributed by atoms with Crippen LogP contribution in [0.3, 0.4) is 0 Å². The van der Waals surface area contributed by atoms with E-state index in [4.69, 9.17) is 0 Å². The molecule has 2 rings (SSSR count). The van der Waals surface area contributed by atoms with E-state index in [0.29, 0.717) is 17.8 Å². The maximum Gasteiger partial charge on any atom is 0.416 e. The van der Waals surface area contributed by atoms with Crippen LogP contribution >= 0.6 is 35.7 Å². The molecule has 2 N–H and O–H groups in total. The molecule has 1 aliphatic heterocycles. The molecule has 0 saturated carbocycles. The zero-order valence-electron chi connectivity index (χ0n) is 13.5. The van der Waals surface area contributed by atoms with E-state index in [1.54, 1.807) is 0 Å². The van der Waals surface area contributed by atoms with Crippen molar-refractivity contribution in [1.29, 1.82) is 0 Å². The van der Waals surface area contributed by atoms with Crippen LogP contribution in [0.4, 0.5) is 13.2 Å². The molecule has 0 radical (unpaired) electrons. The van der Waals surface area contributed by atoms with Gasteiger partial charge in [0.05, 0.1) is 12.1 Å². The molecule has 1 saturated heterocycles. The third-order valence-corrected chi connectivity index (χ3v) is 4.96. The highest BCUT2D eigenvalue weighted by molar-refractivity contribution is 14.0. The minimum atomic E-state index is -4.29. The van der Waals surface area contributed by atoms with Gasteiger partial charge in [-0.2, -0.15) is 24.9 Å². The van der Waals surface area contributed by atoms with E-state index >= 15 is 0 Å². The standard InChI is InChI=1S/C16H22F3N3S.HI/c1-2-20-15(22-11-14-4-3-9-23-14)21-10-12-5-7-13(8-6-12)16(17,18)19;/h5-8,14H,2-4,9-11H2,1H3,(H2,20,21,22);1H. The highest BCUT2D eigenvalue weighted by Gasteiger charge is 2.29. The van der Waals surface area contributed by atoms with Gasteiger partial charge in [0.15, 0.2) is 5.96 Å². The lowest BCUT2D eigenvalue weighted by Crippen LogP contribution is -2.40. The molecule has 0 amide bonds. The summed E-state index contributed by atoms with van der Waals surface area (Å²) in [5.74, 6) is 1.92. The number of hydrogen-bond acceptors (Lipinski definition) is 2. The van der Waals surface area contributed by atoms with Crippen molar-refractivity contribution in [2.24, 2.45) is 4.99 Å². The average Bonchev–Trinajstić information content (AvgIpc) is 3.03. The molecule has 0 aromatic heterocycles. The number of nitrogens with one attached hydrogen (secondary N) is 2. The highest BCUT2D eigenvalue weighted by Crippen LogP contribution is 2.29. The summed E-state index contributed by atoms with van der Waals surface area (Å²) in [7, 11) is 0. The van der Waals surface area contributed by atoms with Gasteiger partial charge in [0.2, 0.25) is 0 Å². The number of guanidine groups is 1. The van der Waals surface area contributed by atoms with Crippen LogP contribution in [0.15, 0.2) is 29.3 Å². The van der Waals surface area contributed by atoms with Gasteiger partial charge in [-0.3, -0.25) is 0 Å². The lowest BCUT2D eigenvalue weighted by molar-refractivity contribution is -0.137. The lowest BCUT2D eigenvalue weighted by atomic mass is 10.1. The first-order valence-electron chi connectivity index (χ1n) is 7.79. The number of thioether (sulfide) groups is 1. The highest BCUT2D eigenvalue weighted by atomic mass is 127. The molecule has 1 aromatic carbocycles. The first-order chi connectivity index (χ1) is 11.0. The molecule has 24 heavy (non-hydrogen) atoms. The molecule has 0 spiro atoms. The Kier molecular flexibility index (Phi) is 9.25. The third-order valence-electron chi connectivity index (χ3n) is 3.57. The topological polar surface area (TPSA) is 36.4 Å². The van der Waals surface area contributed by atoms with Crippen LogP contribution < -0.4 is 10.6 Å². The van der Waals surface area contributed by atoms with Gasteiger partial charge in [-0.05, 0) is 43.2 Å². The molecule has 3 nitrogen and oxygen atoms in total. The van der Waals surface area contributed by atoms with Crippen molar-refractivity contribution in [1.82, 2.24) is 10.6 Å². The number of halogens is 4. The van der Waals surface area contributed by atoms with Gasteiger partial charge in [-0.1, -0.05) is 12.1 Å². The third kappa shape index (κ3) is 7.08. The summed E-state index contributed by atoms with van der Waals surface area (Å²) < 4.78 is 37.6. The Labute approximate surface area is 162 Å². The zero-order valence-corrected chi connectivity index (χ0v) is 16.7. The normalized spacial score (nSPS) is 18.2. The summed E-state index contributed by atoms with van der Waals surface area (Å²) in [5.41, 5.74) is 0.124. The maximum absolute atomic E-state index is 12.5.